The fourth-order valence-corrected chi connectivity index (χ4v) is 4.95. The lowest BCUT2D eigenvalue weighted by Crippen LogP contribution is -2.22. The number of aryl methyl sites for hydroxylation is 2. The van der Waals surface area contributed by atoms with Crippen molar-refractivity contribution in [1.82, 2.24) is 15.3 Å². The van der Waals surface area contributed by atoms with Crippen molar-refractivity contribution in [2.75, 3.05) is 18.0 Å². The first-order valence-corrected chi connectivity index (χ1v) is 11.3. The molecule has 1 aliphatic rings. The Morgan fingerprint density at radius 3 is 2.53 bits per heavy atom. The maximum atomic E-state index is 13.0. The number of aromatic nitrogens is 2. The quantitative estimate of drug-likeness (QED) is 0.625. The molecule has 1 fully saturated rings. The van der Waals surface area contributed by atoms with Crippen molar-refractivity contribution in [1.29, 1.82) is 0 Å². The van der Waals surface area contributed by atoms with Gasteiger partial charge < -0.3 is 15.0 Å². The van der Waals surface area contributed by atoms with Crippen LogP contribution in [0.3, 0.4) is 0 Å². The van der Waals surface area contributed by atoms with Crippen LogP contribution in [0.1, 0.15) is 53.3 Å². The van der Waals surface area contributed by atoms with Gasteiger partial charge in [0.15, 0.2) is 0 Å². The van der Waals surface area contributed by atoms with E-state index in [1.165, 1.54) is 24.2 Å². The van der Waals surface area contributed by atoms with Crippen LogP contribution in [0.15, 0.2) is 24.3 Å². The molecule has 0 unspecified atom stereocenters. The van der Waals surface area contributed by atoms with Crippen molar-refractivity contribution >= 4 is 33.3 Å². The van der Waals surface area contributed by atoms with Crippen molar-refractivity contribution < 1.29 is 9.53 Å². The molecule has 1 saturated heterocycles. The molecule has 30 heavy (non-hydrogen) atoms. The second-order valence-electron chi connectivity index (χ2n) is 8.02. The summed E-state index contributed by atoms with van der Waals surface area (Å²) in [5.74, 6) is 2.50. The van der Waals surface area contributed by atoms with Gasteiger partial charge in [0.2, 0.25) is 0 Å². The largest absolute Gasteiger partial charge is 0.491 e. The zero-order valence-electron chi connectivity index (χ0n) is 18.0. The van der Waals surface area contributed by atoms with E-state index in [9.17, 15) is 4.79 Å². The summed E-state index contributed by atoms with van der Waals surface area (Å²) in [4.78, 5) is 26.2. The lowest BCUT2D eigenvalue weighted by molar-refractivity contribution is 0.0954. The van der Waals surface area contributed by atoms with E-state index in [0.717, 1.165) is 51.8 Å². The number of carbonyl (C=O) groups is 1. The monoisotopic (exact) mass is 424 g/mol. The molecule has 2 aromatic heterocycles. The number of carbonyl (C=O) groups excluding carboxylic acids is 1. The van der Waals surface area contributed by atoms with Gasteiger partial charge in [-0.3, -0.25) is 4.79 Å². The SMILES string of the molecule is Cc1nc(N2CCCC2)c2c(C)c(C(=O)NCc3ccc(OC(C)C)cc3)sc2n1. The van der Waals surface area contributed by atoms with Crippen molar-refractivity contribution in [3.05, 3.63) is 46.1 Å². The number of anilines is 1. The third-order valence-corrected chi connectivity index (χ3v) is 6.43. The summed E-state index contributed by atoms with van der Waals surface area (Å²) in [6, 6.07) is 7.84. The van der Waals surface area contributed by atoms with Crippen LogP contribution >= 0.6 is 11.3 Å². The maximum absolute atomic E-state index is 13.0. The van der Waals surface area contributed by atoms with E-state index in [1.54, 1.807) is 0 Å². The van der Waals surface area contributed by atoms with E-state index in [1.807, 2.05) is 52.0 Å². The molecule has 1 aliphatic heterocycles. The number of fused-ring (bicyclic) bond motifs is 1. The predicted molar refractivity (Wildman–Crippen MR) is 122 cm³/mol. The highest BCUT2D eigenvalue weighted by Crippen LogP contribution is 2.36. The van der Waals surface area contributed by atoms with Crippen molar-refractivity contribution in [3.63, 3.8) is 0 Å². The van der Waals surface area contributed by atoms with Gasteiger partial charge in [-0.15, -0.1) is 11.3 Å². The molecule has 1 aromatic carbocycles. The Morgan fingerprint density at radius 1 is 1.17 bits per heavy atom. The van der Waals surface area contributed by atoms with Gasteiger partial charge in [-0.1, -0.05) is 12.1 Å². The normalized spacial score (nSPS) is 14.0. The fraction of sp³-hybridized carbons (Fsp3) is 0.435. The summed E-state index contributed by atoms with van der Waals surface area (Å²) in [6.45, 7) is 10.4. The molecule has 3 aromatic rings. The Morgan fingerprint density at radius 2 is 1.87 bits per heavy atom. The first-order chi connectivity index (χ1) is 14.4. The van der Waals surface area contributed by atoms with Crippen LogP contribution < -0.4 is 15.0 Å². The Bertz CT molecular complexity index is 1050. The highest BCUT2D eigenvalue weighted by molar-refractivity contribution is 7.20. The van der Waals surface area contributed by atoms with Crippen LogP contribution in [0.4, 0.5) is 5.82 Å². The number of ether oxygens (including phenoxy) is 1. The van der Waals surface area contributed by atoms with E-state index in [-0.39, 0.29) is 12.0 Å². The Balaban J connectivity index is 1.53. The molecule has 0 atom stereocenters. The summed E-state index contributed by atoms with van der Waals surface area (Å²) in [5, 5.41) is 4.07. The van der Waals surface area contributed by atoms with E-state index >= 15 is 0 Å². The van der Waals surface area contributed by atoms with Gasteiger partial charge in [0.1, 0.15) is 22.2 Å². The third-order valence-electron chi connectivity index (χ3n) is 5.24. The van der Waals surface area contributed by atoms with Crippen molar-refractivity contribution in [3.8, 4) is 5.75 Å². The van der Waals surface area contributed by atoms with Gasteiger partial charge in [0, 0.05) is 19.6 Å². The molecule has 0 radical (unpaired) electrons. The number of benzene rings is 1. The smallest absolute Gasteiger partial charge is 0.261 e. The lowest BCUT2D eigenvalue weighted by Gasteiger charge is -2.18. The molecule has 6 nitrogen and oxygen atoms in total. The van der Waals surface area contributed by atoms with Crippen LogP contribution in [-0.4, -0.2) is 35.1 Å². The molecule has 3 heterocycles. The highest BCUT2D eigenvalue weighted by atomic mass is 32.1. The van der Waals surface area contributed by atoms with E-state index in [2.05, 4.69) is 15.2 Å². The van der Waals surface area contributed by atoms with Crippen LogP contribution in [0.2, 0.25) is 0 Å². The Kier molecular flexibility index (Phi) is 5.90. The first-order valence-electron chi connectivity index (χ1n) is 10.5. The molecule has 0 aliphatic carbocycles. The van der Waals surface area contributed by atoms with Crippen LogP contribution in [0.5, 0.6) is 5.75 Å². The summed E-state index contributed by atoms with van der Waals surface area (Å²) in [7, 11) is 0. The molecule has 1 amide bonds. The van der Waals surface area contributed by atoms with Gasteiger partial charge in [-0.2, -0.15) is 0 Å². The maximum Gasteiger partial charge on any atom is 0.261 e. The number of hydrogen-bond acceptors (Lipinski definition) is 6. The fourth-order valence-electron chi connectivity index (χ4n) is 3.82. The Labute approximate surface area is 181 Å². The standard InChI is InChI=1S/C23H28N4O2S/c1-14(2)29-18-9-7-17(8-10-18)13-24-22(28)20-15(3)19-21(27-11-5-6-12-27)25-16(4)26-23(19)30-20/h7-10,14H,5-6,11-13H2,1-4H3,(H,24,28). The minimum absolute atomic E-state index is 0.0666. The Hall–Kier alpha value is -2.67. The van der Waals surface area contributed by atoms with Gasteiger partial charge in [-0.25, -0.2) is 9.97 Å². The number of amides is 1. The van der Waals surface area contributed by atoms with Crippen LogP contribution in [0.25, 0.3) is 10.2 Å². The molecule has 1 N–H and O–H groups in total. The molecule has 7 heteroatoms. The van der Waals surface area contributed by atoms with Gasteiger partial charge in [0.05, 0.1) is 16.4 Å². The lowest BCUT2D eigenvalue weighted by atomic mass is 10.1. The summed E-state index contributed by atoms with van der Waals surface area (Å²) in [6.07, 6.45) is 2.51. The molecular weight excluding hydrogens is 396 g/mol. The molecule has 0 saturated carbocycles. The van der Waals surface area contributed by atoms with E-state index < -0.39 is 0 Å². The summed E-state index contributed by atoms with van der Waals surface area (Å²) < 4.78 is 5.67. The van der Waals surface area contributed by atoms with Gasteiger partial charge in [-0.05, 0) is 63.8 Å². The number of nitrogens with one attached hydrogen (secondary N) is 1. The van der Waals surface area contributed by atoms with Crippen molar-refractivity contribution in [2.45, 2.75) is 53.2 Å². The zero-order valence-corrected chi connectivity index (χ0v) is 18.8. The van der Waals surface area contributed by atoms with Crippen molar-refractivity contribution in [2.24, 2.45) is 0 Å². The van der Waals surface area contributed by atoms with E-state index in [4.69, 9.17) is 9.72 Å². The van der Waals surface area contributed by atoms with E-state index in [0.29, 0.717) is 11.4 Å². The van der Waals surface area contributed by atoms with Crippen LogP contribution in [-0.2, 0) is 6.54 Å². The second-order valence-corrected chi connectivity index (χ2v) is 9.02. The molecule has 0 spiro atoms. The van der Waals surface area contributed by atoms with Crippen LogP contribution in [0, 0.1) is 13.8 Å². The average molecular weight is 425 g/mol. The average Bonchev–Trinajstić information content (AvgIpc) is 3.35. The minimum Gasteiger partial charge on any atom is -0.491 e. The molecule has 4 rings (SSSR count). The number of thiophene rings is 1. The molecule has 0 bridgehead atoms. The third kappa shape index (κ3) is 4.26. The number of nitrogens with zero attached hydrogens (tertiary/aromatic N) is 3. The minimum atomic E-state index is -0.0666. The summed E-state index contributed by atoms with van der Waals surface area (Å²) in [5.41, 5.74) is 2.00. The van der Waals surface area contributed by atoms with Gasteiger partial charge in [0.25, 0.3) is 5.91 Å². The highest BCUT2D eigenvalue weighted by Gasteiger charge is 2.24. The number of hydrogen-bond donors (Lipinski definition) is 1. The summed E-state index contributed by atoms with van der Waals surface area (Å²) >= 11 is 1.45. The first kappa shape index (κ1) is 20.6. The second kappa shape index (κ2) is 8.60. The predicted octanol–water partition coefficient (Wildman–Crippen LogP) is 4.63. The zero-order chi connectivity index (χ0) is 21.3. The molecule has 158 valence electrons. The molecular formula is C23H28N4O2S. The topological polar surface area (TPSA) is 67.4 Å². The van der Waals surface area contributed by atoms with Gasteiger partial charge >= 0.3 is 0 Å². The number of rotatable bonds is 6.